The monoisotopic (exact) mass is 335 g/mol. The molecule has 1 amide bonds. The van der Waals surface area contributed by atoms with Gasteiger partial charge in [0.25, 0.3) is 0 Å². The average Bonchev–Trinajstić information content (AvgIpc) is 2.28. The second-order valence-electron chi connectivity index (χ2n) is 3.38. The first-order chi connectivity index (χ1) is 7.15. The van der Waals surface area contributed by atoms with Crippen molar-refractivity contribution in [1.82, 2.24) is 4.90 Å². The molecule has 15 heavy (non-hydrogen) atoms. The summed E-state index contributed by atoms with van der Waals surface area (Å²) in [6.45, 7) is 7.99. The van der Waals surface area contributed by atoms with E-state index in [9.17, 15) is 4.79 Å². The molecule has 0 rings (SSSR count). The van der Waals surface area contributed by atoms with Gasteiger partial charge in [0.15, 0.2) is 0 Å². The Morgan fingerprint density at radius 2 is 1.67 bits per heavy atom. The molecule has 0 saturated carbocycles. The fraction of sp³-hybridized carbons (Fsp3) is 0.727. The van der Waals surface area contributed by atoms with E-state index in [1.54, 1.807) is 0 Å². The molecule has 2 nitrogen and oxygen atoms in total. The Bertz CT molecular complexity index is 189. The summed E-state index contributed by atoms with van der Waals surface area (Å²) in [6, 6.07) is 0. The minimum atomic E-state index is -0.0361. The van der Waals surface area contributed by atoms with Crippen molar-refractivity contribution in [3.8, 4) is 0 Å². The molecule has 0 aromatic heterocycles. The molecule has 4 unspecified atom stereocenters. The van der Waals surface area contributed by atoms with Crippen LogP contribution in [0.15, 0.2) is 12.7 Å². The topological polar surface area (TPSA) is 20.3 Å². The summed E-state index contributed by atoms with van der Waals surface area (Å²) < 4.78 is 0. The van der Waals surface area contributed by atoms with E-state index in [1.807, 2.05) is 0 Å². The Balaban J connectivity index is 4.83. The Hall–Kier alpha value is 0.327. The summed E-state index contributed by atoms with van der Waals surface area (Å²) in [5.74, 6) is 0.143. The molecule has 0 saturated heterocycles. The van der Waals surface area contributed by atoms with Crippen LogP contribution in [-0.2, 0) is 4.79 Å². The first-order valence-electron chi connectivity index (χ1n) is 5.45. The molecule has 0 heterocycles. The normalized spacial score (nSPS) is 16.0. The van der Waals surface area contributed by atoms with Gasteiger partial charge in [-0.15, -0.1) is 0 Å². The van der Waals surface area contributed by atoms with Gasteiger partial charge in [-0.3, -0.25) is 0 Å². The van der Waals surface area contributed by atoms with Crippen LogP contribution in [-0.4, -0.2) is 52.0 Å². The van der Waals surface area contributed by atoms with Crippen molar-refractivity contribution in [3.05, 3.63) is 12.7 Å². The number of amides is 1. The molecule has 0 fully saturated rings. The summed E-state index contributed by atoms with van der Waals surface area (Å²) >= 11 is -0.0722. The summed E-state index contributed by atoms with van der Waals surface area (Å²) in [5, 5.41) is 0. The maximum atomic E-state index is 11.9. The van der Waals surface area contributed by atoms with Crippen molar-refractivity contribution >= 4 is 37.4 Å². The van der Waals surface area contributed by atoms with Crippen LogP contribution in [0, 0.1) is 0 Å². The summed E-state index contributed by atoms with van der Waals surface area (Å²) in [7, 11) is 0. The molecule has 0 aromatic carbocycles. The molecule has 0 radical (unpaired) electrons. The van der Waals surface area contributed by atoms with Gasteiger partial charge in [-0.25, -0.2) is 0 Å². The fourth-order valence-electron chi connectivity index (χ4n) is 1.71. The van der Waals surface area contributed by atoms with E-state index in [2.05, 4.69) is 36.7 Å². The summed E-state index contributed by atoms with van der Waals surface area (Å²) in [5.41, 5.74) is 4.56. The Morgan fingerprint density at radius 3 is 1.87 bits per heavy atom. The Kier molecular flexibility index (Phi) is 8.66. The van der Waals surface area contributed by atoms with Gasteiger partial charge < -0.3 is 0 Å². The second-order valence-corrected chi connectivity index (χ2v) is 8.59. The number of nitrogens with zero attached hydrogens (tertiary/aromatic N) is 1. The van der Waals surface area contributed by atoms with Crippen LogP contribution in [0.4, 0.5) is 0 Å². The van der Waals surface area contributed by atoms with Crippen LogP contribution >= 0.6 is 0 Å². The summed E-state index contributed by atoms with van der Waals surface area (Å²) in [4.78, 5) is 15.0. The SMILES string of the molecule is C=CC(=O)N(C(CC)[AsH]C)C(CC)[AsH]C. The first-order valence-corrected chi connectivity index (χ1v) is 12.1. The third-order valence-corrected chi connectivity index (χ3v) is 8.22. The number of hydrogen-bond donors (Lipinski definition) is 0. The van der Waals surface area contributed by atoms with Crippen LogP contribution in [0.2, 0.25) is 11.4 Å². The van der Waals surface area contributed by atoms with Crippen LogP contribution in [0.25, 0.3) is 0 Å². The number of hydrogen-bond acceptors (Lipinski definition) is 1. The van der Waals surface area contributed by atoms with Crippen molar-refractivity contribution in [2.45, 2.75) is 47.8 Å². The van der Waals surface area contributed by atoms with Crippen LogP contribution < -0.4 is 0 Å². The van der Waals surface area contributed by atoms with E-state index in [-0.39, 0.29) is 37.4 Å². The maximum absolute atomic E-state index is 11.9. The third kappa shape index (κ3) is 4.37. The van der Waals surface area contributed by atoms with Gasteiger partial charge in [0.05, 0.1) is 0 Å². The van der Waals surface area contributed by atoms with Gasteiger partial charge in [-0.1, -0.05) is 0 Å². The molecule has 88 valence electrons. The van der Waals surface area contributed by atoms with E-state index in [1.165, 1.54) is 6.08 Å². The van der Waals surface area contributed by atoms with Crippen molar-refractivity contribution in [3.63, 3.8) is 0 Å². The second kappa shape index (κ2) is 8.48. The molecule has 4 atom stereocenters. The molecular weight excluding hydrogens is 312 g/mol. The van der Waals surface area contributed by atoms with E-state index in [0.717, 1.165) is 12.8 Å². The minimum absolute atomic E-state index is 0.0361. The molecule has 0 N–H and O–H groups in total. The van der Waals surface area contributed by atoms with Gasteiger partial charge >= 0.3 is 108 Å². The average molecular weight is 335 g/mol. The number of carbonyl (C=O) groups is 1. The summed E-state index contributed by atoms with van der Waals surface area (Å²) in [6.07, 6.45) is 3.67. The van der Waals surface area contributed by atoms with Crippen LogP contribution in [0.1, 0.15) is 26.7 Å². The molecular formula is C11H23As2NO. The number of carbonyl (C=O) groups excluding carboxylic acids is 1. The van der Waals surface area contributed by atoms with Crippen LogP contribution in [0.3, 0.4) is 0 Å². The van der Waals surface area contributed by atoms with Crippen molar-refractivity contribution in [1.29, 1.82) is 0 Å². The molecule has 0 aliphatic rings. The van der Waals surface area contributed by atoms with Gasteiger partial charge in [0.1, 0.15) is 0 Å². The molecule has 0 aromatic rings. The molecule has 0 spiro atoms. The predicted octanol–water partition coefficient (Wildman–Crippen LogP) is 1.44. The zero-order chi connectivity index (χ0) is 11.8. The zero-order valence-electron chi connectivity index (χ0n) is 10.2. The standard InChI is InChI=1S/C11H23As2NO/c1-6-9(12-4)14(11(15)8-3)10(7-2)13-5/h8-10,12-13H,3,6-7H2,1-2,4-5H3. The van der Waals surface area contributed by atoms with E-state index >= 15 is 0 Å². The van der Waals surface area contributed by atoms with Gasteiger partial charge in [-0.05, 0) is 0 Å². The van der Waals surface area contributed by atoms with Gasteiger partial charge in [0.2, 0.25) is 0 Å². The first kappa shape index (κ1) is 15.3. The third-order valence-electron chi connectivity index (χ3n) is 2.54. The zero-order valence-corrected chi connectivity index (χ0v) is 14.4. The molecule has 0 aliphatic heterocycles. The molecule has 0 bridgehead atoms. The van der Waals surface area contributed by atoms with E-state index in [4.69, 9.17) is 0 Å². The van der Waals surface area contributed by atoms with E-state index < -0.39 is 0 Å². The number of rotatable bonds is 7. The molecule has 0 aliphatic carbocycles. The van der Waals surface area contributed by atoms with Crippen molar-refractivity contribution < 1.29 is 4.79 Å². The fourth-order valence-corrected chi connectivity index (χ4v) is 6.54. The Labute approximate surface area is 107 Å². The van der Waals surface area contributed by atoms with E-state index in [0.29, 0.717) is 9.66 Å². The Morgan fingerprint density at radius 1 is 1.27 bits per heavy atom. The van der Waals surface area contributed by atoms with Gasteiger partial charge in [0, 0.05) is 0 Å². The van der Waals surface area contributed by atoms with Crippen LogP contribution in [0.5, 0.6) is 0 Å². The quantitative estimate of drug-likeness (QED) is 0.509. The van der Waals surface area contributed by atoms with Gasteiger partial charge in [-0.2, -0.15) is 0 Å². The predicted molar refractivity (Wildman–Crippen MR) is 71.2 cm³/mol. The molecule has 4 heteroatoms. The van der Waals surface area contributed by atoms with Crippen molar-refractivity contribution in [2.75, 3.05) is 0 Å². The van der Waals surface area contributed by atoms with Crippen molar-refractivity contribution in [2.24, 2.45) is 0 Å².